The third-order valence-electron chi connectivity index (χ3n) is 7.01. The zero-order chi connectivity index (χ0) is 24.2. The molecule has 5 rings (SSSR count). The molecular weight excluding hydrogens is 445 g/mol. The maximum absolute atomic E-state index is 14.2. The van der Waals surface area contributed by atoms with E-state index in [0.717, 1.165) is 38.7 Å². The van der Waals surface area contributed by atoms with Gasteiger partial charge in [0, 0.05) is 63.0 Å². The molecule has 35 heavy (non-hydrogen) atoms. The van der Waals surface area contributed by atoms with Crippen molar-refractivity contribution in [3.63, 3.8) is 0 Å². The van der Waals surface area contributed by atoms with Crippen LogP contribution in [0.4, 0.5) is 10.1 Å². The van der Waals surface area contributed by atoms with Gasteiger partial charge in [-0.15, -0.1) is 0 Å². The Morgan fingerprint density at radius 3 is 2.49 bits per heavy atom. The second-order valence-electron chi connectivity index (χ2n) is 9.48. The average molecular weight is 478 g/mol. The topological polar surface area (TPSA) is 63.5 Å². The van der Waals surface area contributed by atoms with Crippen LogP contribution in [-0.2, 0) is 13.6 Å². The minimum atomic E-state index is -0.519. The highest BCUT2D eigenvalue weighted by Gasteiger charge is 2.23. The molecule has 2 aromatic heterocycles. The molecule has 0 bridgehead atoms. The van der Waals surface area contributed by atoms with Crippen LogP contribution in [0, 0.1) is 5.82 Å². The summed E-state index contributed by atoms with van der Waals surface area (Å²) in [5, 5.41) is 0. The predicted molar refractivity (Wildman–Crippen MR) is 134 cm³/mol. The van der Waals surface area contributed by atoms with Crippen LogP contribution in [0.25, 0.3) is 11.3 Å². The molecule has 2 fully saturated rings. The number of piperidine rings is 2. The van der Waals surface area contributed by atoms with Gasteiger partial charge in [-0.05, 0) is 49.7 Å². The zero-order valence-corrected chi connectivity index (χ0v) is 20.2. The lowest BCUT2D eigenvalue weighted by molar-refractivity contribution is 0.149. The highest BCUT2D eigenvalue weighted by atomic mass is 19.1. The van der Waals surface area contributed by atoms with Gasteiger partial charge in [-0.25, -0.2) is 4.39 Å². The lowest BCUT2D eigenvalue weighted by Gasteiger charge is -2.34. The Labute approximate surface area is 205 Å². The van der Waals surface area contributed by atoms with Crippen molar-refractivity contribution in [3.05, 3.63) is 70.5 Å². The van der Waals surface area contributed by atoms with Crippen molar-refractivity contribution in [2.45, 2.75) is 44.8 Å². The lowest BCUT2D eigenvalue weighted by Crippen LogP contribution is -2.39. The molecule has 2 aliphatic rings. The summed E-state index contributed by atoms with van der Waals surface area (Å²) in [5.74, 6) is -0.519. The molecule has 184 valence electrons. The van der Waals surface area contributed by atoms with Crippen LogP contribution in [0.1, 0.15) is 37.7 Å². The van der Waals surface area contributed by atoms with E-state index in [1.165, 1.54) is 66.5 Å². The summed E-state index contributed by atoms with van der Waals surface area (Å²) in [5.41, 5.74) is 2.80. The minimum Gasteiger partial charge on any atom is -0.461 e. The number of hydrogen-bond donors (Lipinski definition) is 0. The largest absolute Gasteiger partial charge is 0.461 e. The van der Waals surface area contributed by atoms with Gasteiger partial charge in [-0.2, -0.15) is 4.98 Å². The first-order valence-corrected chi connectivity index (χ1v) is 12.5. The van der Waals surface area contributed by atoms with Crippen LogP contribution >= 0.6 is 0 Å². The second-order valence-corrected chi connectivity index (χ2v) is 9.48. The molecule has 0 saturated carbocycles. The first-order valence-electron chi connectivity index (χ1n) is 12.5. The molecule has 0 unspecified atom stereocenters. The number of halogens is 1. The molecule has 0 amide bonds. The van der Waals surface area contributed by atoms with E-state index in [0.29, 0.717) is 0 Å². The quantitative estimate of drug-likeness (QED) is 0.535. The standard InChI is InChI=1S/C27H32FN5O2/c1-31-26(34)17-25(23-9-12-29-18-24(23)28)30-27(31)35-22-10-15-33(16-11-22)21-7-5-20(6-8-21)19-32-13-3-2-4-14-32/h5-9,12,17-18,22H,2-4,10-11,13-16,19H2,1H3. The van der Waals surface area contributed by atoms with E-state index >= 15 is 0 Å². The highest BCUT2D eigenvalue weighted by Crippen LogP contribution is 2.25. The molecule has 1 aromatic carbocycles. The third kappa shape index (κ3) is 5.53. The van der Waals surface area contributed by atoms with E-state index in [9.17, 15) is 9.18 Å². The van der Waals surface area contributed by atoms with Crippen LogP contribution in [0.5, 0.6) is 6.01 Å². The van der Waals surface area contributed by atoms with Gasteiger partial charge in [-0.1, -0.05) is 18.6 Å². The van der Waals surface area contributed by atoms with E-state index in [-0.39, 0.29) is 28.9 Å². The number of nitrogens with zero attached hydrogens (tertiary/aromatic N) is 5. The van der Waals surface area contributed by atoms with Crippen LogP contribution in [0.15, 0.2) is 53.6 Å². The molecule has 7 nitrogen and oxygen atoms in total. The number of pyridine rings is 1. The fraction of sp³-hybridized carbons (Fsp3) is 0.444. The Morgan fingerprint density at radius 1 is 1.03 bits per heavy atom. The number of aromatic nitrogens is 3. The fourth-order valence-corrected chi connectivity index (χ4v) is 4.91. The minimum absolute atomic E-state index is 0.0553. The van der Waals surface area contributed by atoms with E-state index in [2.05, 4.69) is 44.0 Å². The number of hydrogen-bond acceptors (Lipinski definition) is 6. The van der Waals surface area contributed by atoms with Gasteiger partial charge in [0.2, 0.25) is 0 Å². The maximum atomic E-state index is 14.2. The number of benzene rings is 1. The van der Waals surface area contributed by atoms with E-state index in [1.807, 2.05) is 0 Å². The Morgan fingerprint density at radius 2 is 1.77 bits per heavy atom. The number of likely N-dealkylation sites (tertiary alicyclic amines) is 1. The molecule has 8 heteroatoms. The number of rotatable bonds is 6. The summed E-state index contributed by atoms with van der Waals surface area (Å²) < 4.78 is 21.7. The zero-order valence-electron chi connectivity index (χ0n) is 20.2. The Hall–Kier alpha value is -3.26. The van der Waals surface area contributed by atoms with Crippen molar-refractivity contribution < 1.29 is 9.13 Å². The molecule has 0 aliphatic carbocycles. The summed E-state index contributed by atoms with van der Waals surface area (Å²) in [6.45, 7) is 5.17. The van der Waals surface area contributed by atoms with Gasteiger partial charge < -0.3 is 9.64 Å². The van der Waals surface area contributed by atoms with E-state index in [1.54, 1.807) is 7.05 Å². The Bertz CT molecular complexity index is 1200. The Balaban J connectivity index is 1.20. The van der Waals surface area contributed by atoms with Crippen molar-refractivity contribution in [1.82, 2.24) is 19.4 Å². The Kier molecular flexibility index (Phi) is 7.08. The summed E-state index contributed by atoms with van der Waals surface area (Å²) in [4.78, 5) is 25.6. The predicted octanol–water partition coefficient (Wildman–Crippen LogP) is 4.02. The lowest BCUT2D eigenvalue weighted by atomic mass is 10.1. The van der Waals surface area contributed by atoms with Crippen LogP contribution in [0.2, 0.25) is 0 Å². The maximum Gasteiger partial charge on any atom is 0.299 e. The molecule has 2 aliphatic heterocycles. The van der Waals surface area contributed by atoms with Crippen molar-refractivity contribution in [1.29, 1.82) is 0 Å². The first kappa shape index (κ1) is 23.5. The molecule has 0 spiro atoms. The molecule has 0 atom stereocenters. The van der Waals surface area contributed by atoms with E-state index < -0.39 is 5.82 Å². The average Bonchev–Trinajstić information content (AvgIpc) is 2.88. The molecular formula is C27H32FN5O2. The van der Waals surface area contributed by atoms with Gasteiger partial charge in [0.1, 0.15) is 6.10 Å². The van der Waals surface area contributed by atoms with Gasteiger partial charge in [0.05, 0.1) is 11.9 Å². The normalized spacial score (nSPS) is 17.5. The molecule has 0 radical (unpaired) electrons. The van der Waals surface area contributed by atoms with E-state index in [4.69, 9.17) is 4.74 Å². The van der Waals surface area contributed by atoms with Crippen molar-refractivity contribution in [2.24, 2.45) is 7.05 Å². The first-order chi connectivity index (χ1) is 17.1. The SMILES string of the molecule is Cn1c(OC2CCN(c3ccc(CN4CCCCC4)cc3)CC2)nc(-c2ccncc2F)cc1=O. The second kappa shape index (κ2) is 10.6. The summed E-state index contributed by atoms with van der Waals surface area (Å²) in [6, 6.07) is 12.0. The number of anilines is 1. The fourth-order valence-electron chi connectivity index (χ4n) is 4.91. The van der Waals surface area contributed by atoms with Gasteiger partial charge in [-0.3, -0.25) is 19.2 Å². The van der Waals surface area contributed by atoms with Crippen LogP contribution in [0.3, 0.4) is 0 Å². The van der Waals surface area contributed by atoms with Gasteiger partial charge >= 0.3 is 0 Å². The summed E-state index contributed by atoms with van der Waals surface area (Å²) in [7, 11) is 1.62. The van der Waals surface area contributed by atoms with Crippen LogP contribution in [-0.4, -0.2) is 51.7 Å². The van der Waals surface area contributed by atoms with Crippen molar-refractivity contribution in [3.8, 4) is 17.3 Å². The van der Waals surface area contributed by atoms with Crippen molar-refractivity contribution in [2.75, 3.05) is 31.1 Å². The van der Waals surface area contributed by atoms with Crippen molar-refractivity contribution >= 4 is 5.69 Å². The van der Waals surface area contributed by atoms with Gasteiger partial charge in [0.25, 0.3) is 11.6 Å². The highest BCUT2D eigenvalue weighted by molar-refractivity contribution is 5.59. The molecule has 3 aromatic rings. The third-order valence-corrected chi connectivity index (χ3v) is 7.01. The smallest absolute Gasteiger partial charge is 0.299 e. The summed E-state index contributed by atoms with van der Waals surface area (Å²) in [6.07, 6.45) is 8.15. The monoisotopic (exact) mass is 477 g/mol. The molecule has 2 saturated heterocycles. The number of ether oxygens (including phenoxy) is 1. The van der Waals surface area contributed by atoms with Gasteiger partial charge in [0.15, 0.2) is 5.82 Å². The van der Waals surface area contributed by atoms with Crippen LogP contribution < -0.4 is 15.2 Å². The molecule has 0 N–H and O–H groups in total. The molecule has 4 heterocycles. The summed E-state index contributed by atoms with van der Waals surface area (Å²) >= 11 is 0.